The second-order valence-corrected chi connectivity index (χ2v) is 7.85. The molecule has 0 unspecified atom stereocenters. The Labute approximate surface area is 169 Å². The number of benzene rings is 1. The molecule has 0 N–H and O–H groups in total. The highest BCUT2D eigenvalue weighted by Crippen LogP contribution is 2.27. The van der Waals surface area contributed by atoms with Gasteiger partial charge in [0.05, 0.1) is 5.41 Å². The normalized spacial score (nSPS) is 17.5. The van der Waals surface area contributed by atoms with Gasteiger partial charge in [-0.1, -0.05) is 6.07 Å². The number of alkyl halides is 1. The molecule has 2 aromatic rings. The number of hydrogen-bond donors (Lipinski definition) is 0. The molecule has 0 saturated carbocycles. The molecule has 2 heterocycles. The molecule has 0 bridgehead atoms. The lowest BCUT2D eigenvalue weighted by Gasteiger charge is -2.43. The van der Waals surface area contributed by atoms with Crippen LogP contribution in [0.15, 0.2) is 36.7 Å². The van der Waals surface area contributed by atoms with Gasteiger partial charge in [-0.05, 0) is 32.9 Å². The lowest BCUT2D eigenvalue weighted by molar-refractivity contribution is -0.141. The van der Waals surface area contributed by atoms with Crippen molar-refractivity contribution in [1.29, 1.82) is 0 Å². The van der Waals surface area contributed by atoms with Gasteiger partial charge in [0.15, 0.2) is 0 Å². The quantitative estimate of drug-likeness (QED) is 0.708. The Morgan fingerprint density at radius 1 is 1.32 bits per heavy atom. The molecule has 1 saturated heterocycles. The number of ether oxygens (including phenoxy) is 1. The van der Waals surface area contributed by atoms with E-state index in [-0.39, 0.29) is 23.6 Å². The minimum absolute atomic E-state index is 0.0197. The summed E-state index contributed by atoms with van der Waals surface area (Å²) in [6.07, 6.45) is 1.42. The molecule has 0 radical (unpaired) electrons. The number of nitrogens with zero attached hydrogens (tertiary/aromatic N) is 4. The standard InChI is InChI=1S/C20H24ClFN4O2/c1-14-11-25(7-8-26(14)19(27)20(2,3)12-21)17-10-18(24-13-23-17)28-16-6-4-5-15(22)9-16/h4-6,9-10,13-14H,7-8,11-12H2,1-3H3/t14-/m1/s1. The van der Waals surface area contributed by atoms with Crippen LogP contribution in [0, 0.1) is 11.2 Å². The van der Waals surface area contributed by atoms with Crippen molar-refractivity contribution in [1.82, 2.24) is 14.9 Å². The summed E-state index contributed by atoms with van der Waals surface area (Å²) in [6.45, 7) is 7.61. The number of piperazine rings is 1. The molecule has 28 heavy (non-hydrogen) atoms. The number of hydrogen-bond acceptors (Lipinski definition) is 5. The summed E-state index contributed by atoms with van der Waals surface area (Å²) in [6, 6.07) is 7.63. The van der Waals surface area contributed by atoms with Crippen molar-refractivity contribution < 1.29 is 13.9 Å². The van der Waals surface area contributed by atoms with Crippen molar-refractivity contribution >= 4 is 23.3 Å². The van der Waals surface area contributed by atoms with E-state index in [0.717, 1.165) is 0 Å². The summed E-state index contributed by atoms with van der Waals surface area (Å²) in [7, 11) is 0. The zero-order chi connectivity index (χ0) is 20.3. The molecule has 0 aliphatic carbocycles. The maximum absolute atomic E-state index is 13.3. The second-order valence-electron chi connectivity index (χ2n) is 7.58. The predicted molar refractivity (Wildman–Crippen MR) is 106 cm³/mol. The van der Waals surface area contributed by atoms with Crippen molar-refractivity contribution in [2.45, 2.75) is 26.8 Å². The first-order valence-corrected chi connectivity index (χ1v) is 9.71. The van der Waals surface area contributed by atoms with E-state index in [9.17, 15) is 9.18 Å². The van der Waals surface area contributed by atoms with Crippen LogP contribution < -0.4 is 9.64 Å². The Morgan fingerprint density at radius 2 is 2.11 bits per heavy atom. The van der Waals surface area contributed by atoms with Crippen LogP contribution in [-0.4, -0.2) is 52.3 Å². The molecule has 1 aromatic carbocycles. The molecule has 3 rings (SSSR count). The predicted octanol–water partition coefficient (Wildman–Crippen LogP) is 3.71. The van der Waals surface area contributed by atoms with Gasteiger partial charge in [0.2, 0.25) is 11.8 Å². The average molecular weight is 407 g/mol. The van der Waals surface area contributed by atoms with Gasteiger partial charge in [-0.25, -0.2) is 14.4 Å². The van der Waals surface area contributed by atoms with E-state index in [0.29, 0.717) is 37.1 Å². The molecule has 1 aliphatic rings. The monoisotopic (exact) mass is 406 g/mol. The van der Waals surface area contributed by atoms with E-state index in [1.54, 1.807) is 18.2 Å². The number of carbonyl (C=O) groups excluding carboxylic acids is 1. The second kappa shape index (κ2) is 8.31. The third-order valence-corrected chi connectivity index (χ3v) is 5.44. The zero-order valence-electron chi connectivity index (χ0n) is 16.2. The largest absolute Gasteiger partial charge is 0.439 e. The molecule has 1 aromatic heterocycles. The molecular formula is C20H24ClFN4O2. The van der Waals surface area contributed by atoms with E-state index in [2.05, 4.69) is 14.9 Å². The fraction of sp³-hybridized carbons (Fsp3) is 0.450. The molecule has 1 fully saturated rings. The SMILES string of the molecule is C[C@@H]1CN(c2cc(Oc3cccc(F)c3)ncn2)CCN1C(=O)C(C)(C)CCl. The van der Waals surface area contributed by atoms with Crippen LogP contribution in [0.3, 0.4) is 0 Å². The summed E-state index contributed by atoms with van der Waals surface area (Å²) in [4.78, 5) is 25.1. The molecule has 8 heteroatoms. The Kier molecular flexibility index (Phi) is 6.03. The van der Waals surface area contributed by atoms with Gasteiger partial charge < -0.3 is 14.5 Å². The Balaban J connectivity index is 1.69. The van der Waals surface area contributed by atoms with Gasteiger partial charge in [-0.15, -0.1) is 11.6 Å². The highest BCUT2D eigenvalue weighted by Gasteiger charge is 2.36. The van der Waals surface area contributed by atoms with Crippen LogP contribution in [0.5, 0.6) is 11.6 Å². The number of anilines is 1. The topological polar surface area (TPSA) is 58.6 Å². The van der Waals surface area contributed by atoms with E-state index in [1.807, 2.05) is 25.7 Å². The van der Waals surface area contributed by atoms with Gasteiger partial charge in [0.25, 0.3) is 0 Å². The summed E-state index contributed by atoms with van der Waals surface area (Å²) in [5, 5.41) is 0. The van der Waals surface area contributed by atoms with Crippen LogP contribution >= 0.6 is 11.6 Å². The van der Waals surface area contributed by atoms with Crippen molar-refractivity contribution in [3.63, 3.8) is 0 Å². The summed E-state index contributed by atoms with van der Waals surface area (Å²) in [5.41, 5.74) is -0.584. The first kappa shape index (κ1) is 20.3. The number of amides is 1. The zero-order valence-corrected chi connectivity index (χ0v) is 17.0. The maximum Gasteiger partial charge on any atom is 0.229 e. The Bertz CT molecular complexity index is 848. The van der Waals surface area contributed by atoms with E-state index in [1.165, 1.54) is 18.5 Å². The van der Waals surface area contributed by atoms with Crippen LogP contribution in [0.25, 0.3) is 0 Å². The van der Waals surface area contributed by atoms with Gasteiger partial charge in [0, 0.05) is 43.7 Å². The van der Waals surface area contributed by atoms with Crippen molar-refractivity contribution in [2.24, 2.45) is 5.41 Å². The summed E-state index contributed by atoms with van der Waals surface area (Å²) >= 11 is 5.96. The molecule has 1 atom stereocenters. The third kappa shape index (κ3) is 4.52. The van der Waals surface area contributed by atoms with Gasteiger partial charge >= 0.3 is 0 Å². The van der Waals surface area contributed by atoms with Gasteiger partial charge in [0.1, 0.15) is 23.7 Å². The van der Waals surface area contributed by atoms with Gasteiger partial charge in [-0.2, -0.15) is 0 Å². The first-order chi connectivity index (χ1) is 13.3. The van der Waals surface area contributed by atoms with Crippen molar-refractivity contribution in [2.75, 3.05) is 30.4 Å². The van der Waals surface area contributed by atoms with Crippen molar-refractivity contribution in [3.8, 4) is 11.6 Å². The molecule has 1 aliphatic heterocycles. The molecule has 150 valence electrons. The van der Waals surface area contributed by atoms with Crippen LogP contribution in [0.4, 0.5) is 10.2 Å². The number of aromatic nitrogens is 2. The fourth-order valence-corrected chi connectivity index (χ4v) is 3.24. The summed E-state index contributed by atoms with van der Waals surface area (Å²) in [5.74, 6) is 1.39. The van der Waals surface area contributed by atoms with E-state index in [4.69, 9.17) is 16.3 Å². The fourth-order valence-electron chi connectivity index (χ4n) is 3.12. The Morgan fingerprint density at radius 3 is 2.79 bits per heavy atom. The van der Waals surface area contributed by atoms with Crippen LogP contribution in [0.2, 0.25) is 0 Å². The lowest BCUT2D eigenvalue weighted by atomic mass is 9.93. The van der Waals surface area contributed by atoms with E-state index < -0.39 is 5.41 Å². The Hall–Kier alpha value is -2.41. The highest BCUT2D eigenvalue weighted by molar-refractivity contribution is 6.19. The third-order valence-electron chi connectivity index (χ3n) is 4.77. The minimum atomic E-state index is -0.584. The lowest BCUT2D eigenvalue weighted by Crippen LogP contribution is -2.57. The van der Waals surface area contributed by atoms with Gasteiger partial charge in [-0.3, -0.25) is 4.79 Å². The minimum Gasteiger partial charge on any atom is -0.439 e. The summed E-state index contributed by atoms with van der Waals surface area (Å²) < 4.78 is 19.0. The number of carbonyl (C=O) groups is 1. The molecular weight excluding hydrogens is 383 g/mol. The molecule has 1 amide bonds. The highest BCUT2D eigenvalue weighted by atomic mass is 35.5. The first-order valence-electron chi connectivity index (χ1n) is 9.17. The van der Waals surface area contributed by atoms with Crippen molar-refractivity contribution in [3.05, 3.63) is 42.5 Å². The maximum atomic E-state index is 13.3. The molecule has 6 nitrogen and oxygen atoms in total. The average Bonchev–Trinajstić information content (AvgIpc) is 2.67. The van der Waals surface area contributed by atoms with E-state index >= 15 is 0 Å². The van der Waals surface area contributed by atoms with Crippen LogP contribution in [-0.2, 0) is 4.79 Å². The van der Waals surface area contributed by atoms with Crippen LogP contribution in [0.1, 0.15) is 20.8 Å². The molecule has 0 spiro atoms. The number of rotatable bonds is 5. The number of halogens is 2. The smallest absolute Gasteiger partial charge is 0.229 e.